The van der Waals surface area contributed by atoms with Gasteiger partial charge in [-0.1, -0.05) is 12.1 Å². The highest BCUT2D eigenvalue weighted by atomic mass is 16.5. The molecule has 1 heterocycles. The van der Waals surface area contributed by atoms with Crippen LogP contribution in [0.1, 0.15) is 51.5 Å². The molecule has 2 rings (SSSR count). The van der Waals surface area contributed by atoms with Crippen LogP contribution in [0.4, 0.5) is 0 Å². The molecule has 0 atom stereocenters. The van der Waals surface area contributed by atoms with Gasteiger partial charge in [0.25, 0.3) is 0 Å². The summed E-state index contributed by atoms with van der Waals surface area (Å²) in [5.41, 5.74) is 1.88. The minimum absolute atomic E-state index is 0.100. The van der Waals surface area contributed by atoms with E-state index in [0.717, 1.165) is 0 Å². The van der Waals surface area contributed by atoms with Gasteiger partial charge in [-0.2, -0.15) is 5.26 Å². The number of aryl methyl sites for hydroxylation is 1. The van der Waals surface area contributed by atoms with E-state index in [9.17, 15) is 14.9 Å². The molecule has 0 bridgehead atoms. The number of methoxy groups -OCH3 is 1. The van der Waals surface area contributed by atoms with Crippen LogP contribution in [-0.2, 0) is 4.74 Å². The van der Waals surface area contributed by atoms with Crippen molar-refractivity contribution in [3.8, 4) is 17.6 Å². The molecule has 7 nitrogen and oxygen atoms in total. The van der Waals surface area contributed by atoms with Crippen LogP contribution in [0.15, 0.2) is 23.8 Å². The van der Waals surface area contributed by atoms with Gasteiger partial charge < -0.3 is 19.2 Å². The Bertz CT molecular complexity index is 995. The molecule has 0 aliphatic carbocycles. The fraction of sp³-hybridized carbons (Fsp3) is 0.318. The molecule has 1 aromatic heterocycles. The third-order valence-corrected chi connectivity index (χ3v) is 4.32. The second kappa shape index (κ2) is 9.60. The topological polar surface area (TPSA) is 101 Å². The van der Waals surface area contributed by atoms with Gasteiger partial charge >= 0.3 is 5.97 Å². The zero-order valence-electron chi connectivity index (χ0n) is 17.2. The van der Waals surface area contributed by atoms with Gasteiger partial charge in [0.2, 0.25) is 5.78 Å². The van der Waals surface area contributed by atoms with E-state index in [4.69, 9.17) is 14.2 Å². The number of ketones is 1. The maximum Gasteiger partial charge on any atom is 0.340 e. The average Bonchev–Trinajstić information content (AvgIpc) is 3.00. The molecule has 0 saturated carbocycles. The van der Waals surface area contributed by atoms with Gasteiger partial charge in [0, 0.05) is 11.3 Å². The summed E-state index contributed by atoms with van der Waals surface area (Å²) in [5.74, 6) is -0.0784. The zero-order chi connectivity index (χ0) is 21.6. The Morgan fingerprint density at radius 1 is 1.21 bits per heavy atom. The first-order valence-corrected chi connectivity index (χ1v) is 9.22. The van der Waals surface area contributed by atoms with Crippen molar-refractivity contribution in [3.63, 3.8) is 0 Å². The molecule has 1 aromatic carbocycles. The van der Waals surface area contributed by atoms with Crippen LogP contribution < -0.4 is 9.47 Å². The van der Waals surface area contributed by atoms with Crippen LogP contribution in [-0.4, -0.2) is 37.1 Å². The second-order valence-electron chi connectivity index (χ2n) is 6.16. The van der Waals surface area contributed by atoms with E-state index >= 15 is 0 Å². The van der Waals surface area contributed by atoms with Crippen molar-refractivity contribution >= 4 is 17.8 Å². The van der Waals surface area contributed by atoms with Crippen molar-refractivity contribution in [1.29, 1.82) is 5.26 Å². The minimum Gasteiger partial charge on any atom is -0.492 e. The summed E-state index contributed by atoms with van der Waals surface area (Å²) < 4.78 is 16.0. The third kappa shape index (κ3) is 4.49. The van der Waals surface area contributed by atoms with E-state index in [-0.39, 0.29) is 17.9 Å². The number of aromatic nitrogens is 1. The fourth-order valence-electron chi connectivity index (χ4n) is 3.06. The molecule has 29 heavy (non-hydrogen) atoms. The lowest BCUT2D eigenvalue weighted by molar-refractivity contribution is 0.0525. The van der Waals surface area contributed by atoms with Crippen LogP contribution in [0.25, 0.3) is 6.08 Å². The van der Waals surface area contributed by atoms with Gasteiger partial charge in [0.05, 0.1) is 31.6 Å². The van der Waals surface area contributed by atoms with Crippen LogP contribution in [0, 0.1) is 25.2 Å². The summed E-state index contributed by atoms with van der Waals surface area (Å²) in [5, 5.41) is 9.60. The van der Waals surface area contributed by atoms with Gasteiger partial charge in [0.15, 0.2) is 11.5 Å². The van der Waals surface area contributed by atoms with Crippen molar-refractivity contribution < 1.29 is 23.8 Å². The monoisotopic (exact) mass is 396 g/mol. The van der Waals surface area contributed by atoms with Crippen molar-refractivity contribution in [1.82, 2.24) is 4.98 Å². The van der Waals surface area contributed by atoms with Crippen LogP contribution in [0.3, 0.4) is 0 Å². The lowest BCUT2D eigenvalue weighted by atomic mass is 10.0. The fourth-order valence-corrected chi connectivity index (χ4v) is 3.06. The average molecular weight is 396 g/mol. The van der Waals surface area contributed by atoms with Crippen molar-refractivity contribution in [2.24, 2.45) is 0 Å². The summed E-state index contributed by atoms with van der Waals surface area (Å²) in [7, 11) is 1.49. The number of aromatic amines is 1. The number of nitrogens with zero attached hydrogens (tertiary/aromatic N) is 1. The first-order chi connectivity index (χ1) is 13.9. The number of rotatable bonds is 8. The van der Waals surface area contributed by atoms with E-state index in [1.165, 1.54) is 13.2 Å². The van der Waals surface area contributed by atoms with Gasteiger partial charge in [-0.05, 0) is 45.4 Å². The highest BCUT2D eigenvalue weighted by molar-refractivity contribution is 6.15. The van der Waals surface area contributed by atoms with Gasteiger partial charge in [-0.3, -0.25) is 4.79 Å². The van der Waals surface area contributed by atoms with E-state index in [2.05, 4.69) is 4.98 Å². The number of allylic oxidation sites excluding steroid dienone is 1. The van der Waals surface area contributed by atoms with Gasteiger partial charge in [-0.25, -0.2) is 4.79 Å². The Labute approximate surface area is 169 Å². The quantitative estimate of drug-likeness (QED) is 0.313. The largest absolute Gasteiger partial charge is 0.492 e. The van der Waals surface area contributed by atoms with Gasteiger partial charge in [0.1, 0.15) is 11.6 Å². The number of nitriles is 1. The Kier molecular flexibility index (Phi) is 7.21. The summed E-state index contributed by atoms with van der Waals surface area (Å²) in [6.07, 6.45) is 1.45. The second-order valence-corrected chi connectivity index (χ2v) is 6.16. The molecule has 7 heteroatoms. The number of esters is 1. The molecule has 0 fully saturated rings. The molecule has 0 unspecified atom stereocenters. The maximum absolute atomic E-state index is 13.0. The molecule has 0 spiro atoms. The Balaban J connectivity index is 2.50. The molecule has 0 radical (unpaired) electrons. The van der Waals surface area contributed by atoms with Crippen LogP contribution >= 0.6 is 0 Å². The number of H-pyrrole nitrogens is 1. The van der Waals surface area contributed by atoms with E-state index in [1.807, 2.05) is 13.0 Å². The minimum atomic E-state index is -0.521. The molecule has 0 aliphatic heterocycles. The predicted molar refractivity (Wildman–Crippen MR) is 108 cm³/mol. The molecule has 2 aromatic rings. The summed E-state index contributed by atoms with van der Waals surface area (Å²) >= 11 is 0. The molecule has 0 aliphatic rings. The number of hydrogen-bond donors (Lipinski definition) is 1. The smallest absolute Gasteiger partial charge is 0.340 e. The Morgan fingerprint density at radius 2 is 1.93 bits per heavy atom. The number of hydrogen-bond acceptors (Lipinski definition) is 6. The van der Waals surface area contributed by atoms with E-state index < -0.39 is 11.8 Å². The van der Waals surface area contributed by atoms with Crippen LogP contribution in [0.5, 0.6) is 11.5 Å². The van der Waals surface area contributed by atoms with Crippen molar-refractivity contribution in [3.05, 3.63) is 51.9 Å². The molecular formula is C22H24N2O5. The van der Waals surface area contributed by atoms with Crippen molar-refractivity contribution in [2.75, 3.05) is 20.3 Å². The number of carbonyl (C=O) groups is 2. The number of Topliss-reactive ketones (excluding diaryl/α,β-unsaturated/α-hetero) is 1. The molecule has 0 saturated heterocycles. The third-order valence-electron chi connectivity index (χ3n) is 4.32. The molecule has 152 valence electrons. The standard InChI is InChI=1S/C22H24N2O5/c1-6-28-17-10-8-9-15(21(17)27-5)11-16(12-23)20(25)19-13(3)18(14(4)24-19)22(26)29-7-2/h8-11,24H,6-7H2,1-5H3/b16-11+. The Hall–Kier alpha value is -3.53. The van der Waals surface area contributed by atoms with E-state index in [0.29, 0.717) is 40.5 Å². The summed E-state index contributed by atoms with van der Waals surface area (Å²) in [6, 6.07) is 7.17. The first kappa shape index (κ1) is 21.8. The van der Waals surface area contributed by atoms with Gasteiger partial charge in [-0.15, -0.1) is 0 Å². The number of ether oxygens (including phenoxy) is 3. The summed E-state index contributed by atoms with van der Waals surface area (Å²) in [4.78, 5) is 28.1. The lowest BCUT2D eigenvalue weighted by Crippen LogP contribution is -2.08. The Morgan fingerprint density at radius 3 is 2.52 bits per heavy atom. The lowest BCUT2D eigenvalue weighted by Gasteiger charge is -2.11. The normalized spacial score (nSPS) is 11.0. The summed E-state index contributed by atoms with van der Waals surface area (Å²) in [6.45, 7) is 7.57. The van der Waals surface area contributed by atoms with Crippen LogP contribution in [0.2, 0.25) is 0 Å². The highest BCUT2D eigenvalue weighted by Gasteiger charge is 2.25. The number of carbonyl (C=O) groups excluding carboxylic acids is 2. The molecule has 0 amide bonds. The SMILES string of the molecule is CCOC(=O)c1c(C)[nH]c(C(=O)/C(C#N)=C/c2cccc(OCC)c2OC)c1C. The first-order valence-electron chi connectivity index (χ1n) is 9.22. The van der Waals surface area contributed by atoms with Crippen molar-refractivity contribution in [2.45, 2.75) is 27.7 Å². The number of nitrogens with one attached hydrogen (secondary N) is 1. The number of benzene rings is 1. The molecular weight excluding hydrogens is 372 g/mol. The maximum atomic E-state index is 13.0. The highest BCUT2D eigenvalue weighted by Crippen LogP contribution is 2.33. The predicted octanol–water partition coefficient (Wildman–Crippen LogP) is 4.01. The van der Waals surface area contributed by atoms with E-state index in [1.54, 1.807) is 39.0 Å². The number of para-hydroxylation sites is 1. The zero-order valence-corrected chi connectivity index (χ0v) is 17.2. The molecule has 1 N–H and O–H groups in total.